The van der Waals surface area contributed by atoms with Crippen LogP contribution in [0.2, 0.25) is 0 Å². The lowest BCUT2D eigenvalue weighted by Gasteiger charge is -2.17. The van der Waals surface area contributed by atoms with Crippen LogP contribution in [0.3, 0.4) is 0 Å². The fraction of sp³-hybridized carbons (Fsp3) is 0.417. The van der Waals surface area contributed by atoms with Crippen LogP contribution in [-0.2, 0) is 0 Å². The zero-order chi connectivity index (χ0) is 9.97. The third-order valence-electron chi connectivity index (χ3n) is 2.68. The summed E-state index contributed by atoms with van der Waals surface area (Å²) in [6, 6.07) is 7.43. The number of phenols is 1. The normalized spacial score (nSPS) is 21.8. The molecule has 1 aliphatic heterocycles. The number of aliphatic imine (C=N–C) groups is 1. The molecule has 1 atom stereocenters. The van der Waals surface area contributed by atoms with Gasteiger partial charge in [-0.1, -0.05) is 19.1 Å². The molecule has 0 saturated carbocycles. The third kappa shape index (κ3) is 1.79. The number of rotatable bonds is 1. The zero-order valence-electron chi connectivity index (χ0n) is 8.40. The molecule has 1 aromatic rings. The van der Waals surface area contributed by atoms with Gasteiger partial charge in [-0.2, -0.15) is 0 Å². The number of hydrogen-bond donors (Lipinski definition) is 1. The van der Waals surface area contributed by atoms with Gasteiger partial charge in [-0.3, -0.25) is 4.99 Å². The van der Waals surface area contributed by atoms with Gasteiger partial charge in [0.05, 0.1) is 0 Å². The summed E-state index contributed by atoms with van der Waals surface area (Å²) in [5, 5.41) is 9.65. The van der Waals surface area contributed by atoms with Gasteiger partial charge in [0.25, 0.3) is 0 Å². The van der Waals surface area contributed by atoms with Crippen molar-refractivity contribution >= 4 is 5.71 Å². The molecule has 74 valence electrons. The highest BCUT2D eigenvalue weighted by Gasteiger charge is 2.14. The monoisotopic (exact) mass is 189 g/mol. The Labute approximate surface area is 84.3 Å². The van der Waals surface area contributed by atoms with Crippen molar-refractivity contribution in [3.8, 4) is 5.75 Å². The van der Waals surface area contributed by atoms with Gasteiger partial charge in [-0.15, -0.1) is 0 Å². The number of hydrogen-bond acceptors (Lipinski definition) is 2. The van der Waals surface area contributed by atoms with E-state index >= 15 is 0 Å². The quantitative estimate of drug-likeness (QED) is 0.723. The summed E-state index contributed by atoms with van der Waals surface area (Å²) >= 11 is 0. The molecule has 0 aromatic heterocycles. The van der Waals surface area contributed by atoms with Gasteiger partial charge in [0.15, 0.2) is 0 Å². The lowest BCUT2D eigenvalue weighted by molar-refractivity contribution is 0.472. The first kappa shape index (κ1) is 9.25. The maximum absolute atomic E-state index is 9.65. The average Bonchev–Trinajstić information content (AvgIpc) is 2.20. The zero-order valence-corrected chi connectivity index (χ0v) is 8.40. The average molecular weight is 189 g/mol. The molecule has 0 aliphatic carbocycles. The highest BCUT2D eigenvalue weighted by Crippen LogP contribution is 2.23. The van der Waals surface area contributed by atoms with Crippen molar-refractivity contribution in [3.05, 3.63) is 29.8 Å². The molecule has 14 heavy (non-hydrogen) atoms. The molecular formula is C12H15NO. The van der Waals surface area contributed by atoms with Crippen molar-refractivity contribution in [1.29, 1.82) is 0 Å². The molecule has 2 heteroatoms. The van der Waals surface area contributed by atoms with Gasteiger partial charge < -0.3 is 5.11 Å². The number of nitrogens with zero attached hydrogens (tertiary/aromatic N) is 1. The van der Waals surface area contributed by atoms with Crippen LogP contribution >= 0.6 is 0 Å². The molecule has 1 heterocycles. The molecule has 1 unspecified atom stereocenters. The first-order valence-electron chi connectivity index (χ1n) is 5.09. The van der Waals surface area contributed by atoms with Crippen molar-refractivity contribution in [2.45, 2.75) is 19.8 Å². The fourth-order valence-corrected chi connectivity index (χ4v) is 1.76. The van der Waals surface area contributed by atoms with E-state index in [-0.39, 0.29) is 0 Å². The molecule has 0 spiro atoms. The highest BCUT2D eigenvalue weighted by atomic mass is 16.3. The van der Waals surface area contributed by atoms with Crippen LogP contribution in [-0.4, -0.2) is 17.4 Å². The van der Waals surface area contributed by atoms with Crippen molar-refractivity contribution in [3.63, 3.8) is 0 Å². The minimum absolute atomic E-state index is 0.348. The summed E-state index contributed by atoms with van der Waals surface area (Å²) in [5.74, 6) is 1.03. The van der Waals surface area contributed by atoms with E-state index in [0.29, 0.717) is 11.7 Å². The van der Waals surface area contributed by atoms with Crippen molar-refractivity contribution in [2.24, 2.45) is 10.9 Å². The second-order valence-corrected chi connectivity index (χ2v) is 3.95. The van der Waals surface area contributed by atoms with E-state index in [1.165, 1.54) is 6.42 Å². The van der Waals surface area contributed by atoms with Gasteiger partial charge in [-0.05, 0) is 30.9 Å². The second-order valence-electron chi connectivity index (χ2n) is 3.95. The molecular weight excluding hydrogens is 174 g/mol. The fourth-order valence-electron chi connectivity index (χ4n) is 1.76. The summed E-state index contributed by atoms with van der Waals surface area (Å²) in [6.45, 7) is 3.11. The summed E-state index contributed by atoms with van der Waals surface area (Å²) < 4.78 is 0. The Morgan fingerprint density at radius 2 is 2.14 bits per heavy atom. The maximum atomic E-state index is 9.65. The first-order chi connectivity index (χ1) is 6.77. The molecule has 0 radical (unpaired) electrons. The summed E-state index contributed by atoms with van der Waals surface area (Å²) in [7, 11) is 0. The minimum Gasteiger partial charge on any atom is -0.507 e. The summed E-state index contributed by atoms with van der Waals surface area (Å²) in [6.07, 6.45) is 2.16. The van der Waals surface area contributed by atoms with E-state index in [4.69, 9.17) is 0 Å². The topological polar surface area (TPSA) is 32.6 Å². The first-order valence-corrected chi connectivity index (χ1v) is 5.09. The van der Waals surface area contributed by atoms with Crippen LogP contribution in [0, 0.1) is 5.92 Å². The van der Waals surface area contributed by atoms with Crippen LogP contribution in [0.15, 0.2) is 29.3 Å². The van der Waals surface area contributed by atoms with Crippen molar-refractivity contribution in [2.75, 3.05) is 6.54 Å². The molecule has 1 aliphatic rings. The maximum Gasteiger partial charge on any atom is 0.124 e. The van der Waals surface area contributed by atoms with Crippen molar-refractivity contribution < 1.29 is 5.11 Å². The lowest BCUT2D eigenvalue weighted by Crippen LogP contribution is -2.14. The largest absolute Gasteiger partial charge is 0.507 e. The molecule has 2 nitrogen and oxygen atoms in total. The van der Waals surface area contributed by atoms with Gasteiger partial charge in [-0.25, -0.2) is 0 Å². The van der Waals surface area contributed by atoms with Crippen molar-refractivity contribution in [1.82, 2.24) is 0 Å². The molecule has 1 N–H and O–H groups in total. The van der Waals surface area contributed by atoms with E-state index in [0.717, 1.165) is 24.2 Å². The van der Waals surface area contributed by atoms with Gasteiger partial charge in [0, 0.05) is 17.8 Å². The van der Waals surface area contributed by atoms with E-state index < -0.39 is 0 Å². The highest BCUT2D eigenvalue weighted by molar-refractivity contribution is 6.03. The Kier molecular flexibility index (Phi) is 2.53. The Morgan fingerprint density at radius 1 is 1.36 bits per heavy atom. The Morgan fingerprint density at radius 3 is 2.79 bits per heavy atom. The predicted octanol–water partition coefficient (Wildman–Crippen LogP) is 2.61. The number of phenolic OH excluding ortho intramolecular Hbond substituents is 1. The van der Waals surface area contributed by atoms with E-state index in [1.807, 2.05) is 18.2 Å². The Balaban J connectivity index is 2.28. The van der Waals surface area contributed by atoms with Crippen LogP contribution in [0.25, 0.3) is 0 Å². The number of aromatic hydroxyl groups is 1. The smallest absolute Gasteiger partial charge is 0.124 e. The molecule has 2 rings (SSSR count). The van der Waals surface area contributed by atoms with E-state index in [2.05, 4.69) is 11.9 Å². The summed E-state index contributed by atoms with van der Waals surface area (Å²) in [4.78, 5) is 4.50. The summed E-state index contributed by atoms with van der Waals surface area (Å²) in [5.41, 5.74) is 1.96. The third-order valence-corrected chi connectivity index (χ3v) is 2.68. The number of benzene rings is 1. The van der Waals surface area contributed by atoms with Gasteiger partial charge >= 0.3 is 0 Å². The van der Waals surface area contributed by atoms with E-state index in [1.54, 1.807) is 6.07 Å². The SMILES string of the molecule is CC1CCC(c2ccccc2O)=NC1. The molecule has 0 fully saturated rings. The van der Waals surface area contributed by atoms with E-state index in [9.17, 15) is 5.11 Å². The van der Waals surface area contributed by atoms with Crippen LogP contribution in [0.5, 0.6) is 5.75 Å². The Bertz CT molecular complexity index is 357. The lowest BCUT2D eigenvalue weighted by atomic mass is 9.95. The minimum atomic E-state index is 0.348. The molecule has 1 aromatic carbocycles. The van der Waals surface area contributed by atoms with Crippen LogP contribution in [0.4, 0.5) is 0 Å². The molecule has 0 amide bonds. The Hall–Kier alpha value is -1.31. The number of para-hydroxylation sites is 1. The molecule has 0 saturated heterocycles. The van der Waals surface area contributed by atoms with Gasteiger partial charge in [0.1, 0.15) is 5.75 Å². The predicted molar refractivity (Wildman–Crippen MR) is 57.9 cm³/mol. The molecule has 0 bridgehead atoms. The van der Waals surface area contributed by atoms with Gasteiger partial charge in [0.2, 0.25) is 0 Å². The standard InChI is InChI=1S/C12H15NO/c1-9-6-7-11(13-8-9)10-4-2-3-5-12(10)14/h2-5,9,14H,6-8H2,1H3. The van der Waals surface area contributed by atoms with Crippen LogP contribution in [0.1, 0.15) is 25.3 Å². The second kappa shape index (κ2) is 3.82. The van der Waals surface area contributed by atoms with Crippen LogP contribution < -0.4 is 0 Å².